The summed E-state index contributed by atoms with van der Waals surface area (Å²) in [6.07, 6.45) is 0.920. The summed E-state index contributed by atoms with van der Waals surface area (Å²) in [4.78, 5) is 0. The molecule has 0 aromatic carbocycles. The van der Waals surface area contributed by atoms with Crippen LogP contribution < -0.4 is 5.73 Å². The van der Waals surface area contributed by atoms with Gasteiger partial charge in [-0.2, -0.15) is 0 Å². The van der Waals surface area contributed by atoms with Gasteiger partial charge in [-0.15, -0.1) is 0 Å². The average molecular weight is 119 g/mol. The zero-order valence-corrected chi connectivity index (χ0v) is 5.90. The SMILES string of the molecule is COC(C)(C)CCN.[HH]. The Balaban J connectivity index is 0. The highest BCUT2D eigenvalue weighted by molar-refractivity contribution is 4.66. The molecule has 0 aliphatic heterocycles. The summed E-state index contributed by atoms with van der Waals surface area (Å²) in [7, 11) is 1.70. The fourth-order valence-electron chi connectivity index (χ4n) is 0.450. The molecule has 2 N–H and O–H groups in total. The van der Waals surface area contributed by atoms with Crippen molar-refractivity contribution >= 4 is 0 Å². The van der Waals surface area contributed by atoms with Gasteiger partial charge in [-0.25, -0.2) is 0 Å². The molecule has 52 valence electrons. The molecule has 2 heteroatoms. The highest BCUT2D eigenvalue weighted by atomic mass is 16.5. The van der Waals surface area contributed by atoms with Crippen LogP contribution in [0.1, 0.15) is 21.7 Å². The molecule has 0 radical (unpaired) electrons. The van der Waals surface area contributed by atoms with E-state index in [0.717, 1.165) is 6.42 Å². The summed E-state index contributed by atoms with van der Waals surface area (Å²) in [6.45, 7) is 4.75. The predicted molar refractivity (Wildman–Crippen MR) is 36.9 cm³/mol. The zero-order chi connectivity index (χ0) is 6.62. The lowest BCUT2D eigenvalue weighted by Crippen LogP contribution is -2.25. The van der Waals surface area contributed by atoms with Gasteiger partial charge in [-0.05, 0) is 26.8 Å². The van der Waals surface area contributed by atoms with Gasteiger partial charge in [0.15, 0.2) is 0 Å². The van der Waals surface area contributed by atoms with E-state index in [2.05, 4.69) is 0 Å². The van der Waals surface area contributed by atoms with Crippen molar-refractivity contribution in [3.8, 4) is 0 Å². The summed E-state index contributed by atoms with van der Waals surface area (Å²) in [5, 5.41) is 0. The lowest BCUT2D eigenvalue weighted by molar-refractivity contribution is 0.0176. The molecule has 0 aliphatic carbocycles. The summed E-state index contributed by atoms with van der Waals surface area (Å²) in [6, 6.07) is 0. The number of rotatable bonds is 3. The largest absolute Gasteiger partial charge is 0.379 e. The topological polar surface area (TPSA) is 35.2 Å². The first-order valence-electron chi connectivity index (χ1n) is 2.87. The molecule has 0 amide bonds. The molecule has 0 aromatic rings. The Morgan fingerprint density at radius 3 is 2.25 bits per heavy atom. The van der Waals surface area contributed by atoms with E-state index in [1.807, 2.05) is 13.8 Å². The van der Waals surface area contributed by atoms with Crippen molar-refractivity contribution in [3.05, 3.63) is 0 Å². The van der Waals surface area contributed by atoms with Gasteiger partial charge in [0.2, 0.25) is 0 Å². The minimum atomic E-state index is -0.0330. The third-order valence-electron chi connectivity index (χ3n) is 1.30. The van der Waals surface area contributed by atoms with Crippen LogP contribution in [-0.2, 0) is 4.74 Å². The Labute approximate surface area is 52.5 Å². The minimum absolute atomic E-state index is 0. The zero-order valence-electron chi connectivity index (χ0n) is 5.90. The van der Waals surface area contributed by atoms with Gasteiger partial charge in [-0.3, -0.25) is 0 Å². The van der Waals surface area contributed by atoms with Crippen molar-refractivity contribution in [2.24, 2.45) is 5.73 Å². The van der Waals surface area contributed by atoms with Crippen LogP contribution in [0.5, 0.6) is 0 Å². The second-order valence-electron chi connectivity index (χ2n) is 2.50. The Hall–Kier alpha value is -0.0800. The summed E-state index contributed by atoms with van der Waals surface area (Å²) in [5.74, 6) is 0. The highest BCUT2D eigenvalue weighted by Gasteiger charge is 2.13. The molecule has 0 unspecified atom stereocenters. The van der Waals surface area contributed by atoms with Crippen LogP contribution in [0.3, 0.4) is 0 Å². The second kappa shape index (κ2) is 3.05. The molecule has 0 saturated carbocycles. The molecule has 0 fully saturated rings. The molecule has 0 aromatic heterocycles. The molecule has 0 rings (SSSR count). The monoisotopic (exact) mass is 119 g/mol. The Morgan fingerprint density at radius 2 is 2.12 bits per heavy atom. The van der Waals surface area contributed by atoms with E-state index in [9.17, 15) is 0 Å². The molecule has 0 bridgehead atoms. The summed E-state index contributed by atoms with van der Waals surface area (Å²) in [5.41, 5.74) is 5.28. The van der Waals surface area contributed by atoms with E-state index < -0.39 is 0 Å². The first-order chi connectivity index (χ1) is 3.62. The van der Waals surface area contributed by atoms with Crippen molar-refractivity contribution in [1.29, 1.82) is 0 Å². The van der Waals surface area contributed by atoms with Crippen LogP contribution in [-0.4, -0.2) is 19.3 Å². The number of ether oxygens (including phenoxy) is 1. The Kier molecular flexibility index (Phi) is 3.02. The van der Waals surface area contributed by atoms with Crippen LogP contribution in [0, 0.1) is 0 Å². The number of hydrogen-bond acceptors (Lipinski definition) is 2. The third-order valence-corrected chi connectivity index (χ3v) is 1.30. The van der Waals surface area contributed by atoms with Gasteiger partial charge >= 0.3 is 0 Å². The first-order valence-corrected chi connectivity index (χ1v) is 2.87. The Bertz CT molecular complexity index is 66.1. The van der Waals surface area contributed by atoms with Crippen LogP contribution in [0.15, 0.2) is 0 Å². The minimum Gasteiger partial charge on any atom is -0.379 e. The highest BCUT2D eigenvalue weighted by Crippen LogP contribution is 2.10. The molecule has 0 saturated heterocycles. The van der Waals surface area contributed by atoms with Gasteiger partial charge in [0, 0.05) is 8.54 Å². The average Bonchev–Trinajstić information content (AvgIpc) is 1.67. The van der Waals surface area contributed by atoms with Crippen molar-refractivity contribution in [2.75, 3.05) is 13.7 Å². The first kappa shape index (κ1) is 7.92. The number of hydrogen-bond donors (Lipinski definition) is 1. The van der Waals surface area contributed by atoms with Gasteiger partial charge in [0.25, 0.3) is 0 Å². The van der Waals surface area contributed by atoms with Crippen molar-refractivity contribution in [2.45, 2.75) is 25.9 Å². The lowest BCUT2D eigenvalue weighted by Gasteiger charge is -2.21. The fraction of sp³-hybridized carbons (Fsp3) is 1.00. The summed E-state index contributed by atoms with van der Waals surface area (Å²) >= 11 is 0. The Morgan fingerprint density at radius 1 is 1.62 bits per heavy atom. The van der Waals surface area contributed by atoms with E-state index in [4.69, 9.17) is 10.5 Å². The van der Waals surface area contributed by atoms with E-state index >= 15 is 0 Å². The van der Waals surface area contributed by atoms with Gasteiger partial charge in [0.1, 0.15) is 0 Å². The fourth-order valence-corrected chi connectivity index (χ4v) is 0.450. The molecule has 0 atom stereocenters. The van der Waals surface area contributed by atoms with Crippen molar-refractivity contribution in [3.63, 3.8) is 0 Å². The standard InChI is InChI=1S/C6H15NO.H2/c1-6(2,8-3)4-5-7;/h4-5,7H2,1-3H3;1H. The summed E-state index contributed by atoms with van der Waals surface area (Å²) < 4.78 is 5.10. The van der Waals surface area contributed by atoms with Crippen LogP contribution in [0.4, 0.5) is 0 Å². The maximum Gasteiger partial charge on any atom is 0.0634 e. The third kappa shape index (κ3) is 2.99. The molecule has 8 heavy (non-hydrogen) atoms. The number of methoxy groups -OCH3 is 1. The number of nitrogens with two attached hydrogens (primary N) is 1. The quantitative estimate of drug-likeness (QED) is 0.601. The maximum absolute atomic E-state index is 5.31. The van der Waals surface area contributed by atoms with E-state index in [-0.39, 0.29) is 7.03 Å². The molecular weight excluding hydrogens is 102 g/mol. The normalized spacial score (nSPS) is 12.0. The maximum atomic E-state index is 5.31. The molecule has 0 aliphatic rings. The molecule has 0 spiro atoms. The smallest absolute Gasteiger partial charge is 0.0634 e. The van der Waals surface area contributed by atoms with Crippen molar-refractivity contribution < 1.29 is 6.16 Å². The van der Waals surface area contributed by atoms with E-state index in [1.165, 1.54) is 0 Å². The van der Waals surface area contributed by atoms with Crippen molar-refractivity contribution in [1.82, 2.24) is 0 Å². The lowest BCUT2D eigenvalue weighted by atomic mass is 10.1. The molecule has 0 heterocycles. The van der Waals surface area contributed by atoms with Crippen LogP contribution in [0.25, 0.3) is 0 Å². The van der Waals surface area contributed by atoms with Crippen LogP contribution in [0.2, 0.25) is 0 Å². The molecule has 2 nitrogen and oxygen atoms in total. The van der Waals surface area contributed by atoms with E-state index in [0.29, 0.717) is 6.54 Å². The van der Waals surface area contributed by atoms with Gasteiger partial charge in [0.05, 0.1) is 5.60 Å². The second-order valence-corrected chi connectivity index (χ2v) is 2.50. The van der Waals surface area contributed by atoms with Crippen LogP contribution >= 0.6 is 0 Å². The van der Waals surface area contributed by atoms with Gasteiger partial charge < -0.3 is 10.5 Å². The molecular formula is C6H17NO. The predicted octanol–water partition coefficient (Wildman–Crippen LogP) is 1.01. The van der Waals surface area contributed by atoms with Gasteiger partial charge in [-0.1, -0.05) is 0 Å². The van der Waals surface area contributed by atoms with E-state index in [1.54, 1.807) is 7.11 Å².